The van der Waals surface area contributed by atoms with E-state index in [0.717, 1.165) is 22.6 Å². The molecular formula is C13H16ClN3OS. The van der Waals surface area contributed by atoms with E-state index in [4.69, 9.17) is 11.6 Å². The minimum atomic E-state index is 0.0258. The third kappa shape index (κ3) is 3.88. The summed E-state index contributed by atoms with van der Waals surface area (Å²) in [4.78, 5) is 19.2. The number of imidazole rings is 1. The lowest BCUT2D eigenvalue weighted by atomic mass is 10.3. The van der Waals surface area contributed by atoms with Gasteiger partial charge in [0, 0.05) is 11.1 Å². The van der Waals surface area contributed by atoms with E-state index in [1.54, 1.807) is 6.07 Å². The molecule has 0 bridgehead atoms. The minimum Gasteiger partial charge on any atom is -0.353 e. The summed E-state index contributed by atoms with van der Waals surface area (Å²) in [6.07, 6.45) is 0.930. The van der Waals surface area contributed by atoms with Crippen LogP contribution < -0.4 is 5.32 Å². The number of hydrogen-bond acceptors (Lipinski definition) is 3. The molecule has 1 atom stereocenters. The Hall–Kier alpha value is -1.20. The maximum absolute atomic E-state index is 11.7. The van der Waals surface area contributed by atoms with Gasteiger partial charge in [-0.15, -0.1) is 0 Å². The van der Waals surface area contributed by atoms with Gasteiger partial charge in [0.05, 0.1) is 16.8 Å². The molecule has 102 valence electrons. The van der Waals surface area contributed by atoms with Crippen LogP contribution in [0.3, 0.4) is 0 Å². The van der Waals surface area contributed by atoms with Crippen LogP contribution in [0, 0.1) is 0 Å². The van der Waals surface area contributed by atoms with Gasteiger partial charge < -0.3 is 10.3 Å². The fourth-order valence-corrected chi connectivity index (χ4v) is 2.45. The van der Waals surface area contributed by atoms with E-state index >= 15 is 0 Å². The minimum absolute atomic E-state index is 0.0258. The number of benzene rings is 1. The number of hydrogen-bond donors (Lipinski definition) is 2. The molecule has 1 aromatic heterocycles. The van der Waals surface area contributed by atoms with Crippen LogP contribution in [0.15, 0.2) is 23.4 Å². The largest absolute Gasteiger partial charge is 0.353 e. The Morgan fingerprint density at radius 3 is 3.11 bits per heavy atom. The Labute approximate surface area is 121 Å². The quantitative estimate of drug-likeness (QED) is 0.833. The third-order valence-electron chi connectivity index (χ3n) is 2.78. The van der Waals surface area contributed by atoms with Crippen molar-refractivity contribution in [1.82, 2.24) is 15.3 Å². The summed E-state index contributed by atoms with van der Waals surface area (Å²) in [7, 11) is 0. The number of carbonyl (C=O) groups is 1. The van der Waals surface area contributed by atoms with Gasteiger partial charge >= 0.3 is 0 Å². The van der Waals surface area contributed by atoms with Crippen molar-refractivity contribution in [2.24, 2.45) is 0 Å². The molecule has 19 heavy (non-hydrogen) atoms. The maximum atomic E-state index is 11.7. The summed E-state index contributed by atoms with van der Waals surface area (Å²) in [6.45, 7) is 4.03. The number of nitrogens with zero attached hydrogens (tertiary/aromatic N) is 1. The van der Waals surface area contributed by atoms with Crippen LogP contribution in [0.2, 0.25) is 5.02 Å². The first-order valence-electron chi connectivity index (χ1n) is 6.16. The van der Waals surface area contributed by atoms with Gasteiger partial charge in [-0.1, -0.05) is 30.3 Å². The molecule has 2 rings (SSSR count). The number of aromatic amines is 1. The lowest BCUT2D eigenvalue weighted by Crippen LogP contribution is -2.33. The van der Waals surface area contributed by atoms with Gasteiger partial charge in [-0.25, -0.2) is 4.98 Å². The van der Waals surface area contributed by atoms with Crippen LogP contribution in [-0.4, -0.2) is 27.7 Å². The Kier molecular flexibility index (Phi) is 4.71. The van der Waals surface area contributed by atoms with E-state index in [0.29, 0.717) is 10.8 Å². The number of H-pyrrole nitrogens is 1. The Balaban J connectivity index is 1.96. The van der Waals surface area contributed by atoms with Crippen molar-refractivity contribution in [2.75, 3.05) is 5.75 Å². The Morgan fingerprint density at radius 2 is 2.37 bits per heavy atom. The average molecular weight is 298 g/mol. The fraction of sp³-hybridized carbons (Fsp3) is 0.385. The summed E-state index contributed by atoms with van der Waals surface area (Å²) < 4.78 is 0. The van der Waals surface area contributed by atoms with Crippen molar-refractivity contribution in [3.63, 3.8) is 0 Å². The highest BCUT2D eigenvalue weighted by molar-refractivity contribution is 7.99. The molecule has 0 unspecified atom stereocenters. The van der Waals surface area contributed by atoms with Gasteiger partial charge in [0.25, 0.3) is 0 Å². The summed E-state index contributed by atoms with van der Waals surface area (Å²) in [6, 6.07) is 5.70. The van der Waals surface area contributed by atoms with Gasteiger partial charge in [-0.05, 0) is 31.5 Å². The molecule has 0 spiro atoms. The molecule has 2 N–H and O–H groups in total. The molecular weight excluding hydrogens is 282 g/mol. The summed E-state index contributed by atoms with van der Waals surface area (Å²) in [5, 5.41) is 4.32. The highest BCUT2D eigenvalue weighted by Crippen LogP contribution is 2.21. The molecule has 2 aromatic rings. The van der Waals surface area contributed by atoms with Gasteiger partial charge in [-0.2, -0.15) is 0 Å². The molecule has 0 aliphatic rings. The van der Waals surface area contributed by atoms with E-state index in [2.05, 4.69) is 15.3 Å². The lowest BCUT2D eigenvalue weighted by molar-refractivity contribution is -0.119. The second-order valence-electron chi connectivity index (χ2n) is 4.37. The lowest BCUT2D eigenvalue weighted by Gasteiger charge is -2.10. The highest BCUT2D eigenvalue weighted by Gasteiger charge is 2.09. The summed E-state index contributed by atoms with van der Waals surface area (Å²) >= 11 is 7.30. The molecule has 1 heterocycles. The van der Waals surface area contributed by atoms with Gasteiger partial charge in [-0.3, -0.25) is 4.79 Å². The maximum Gasteiger partial charge on any atom is 0.230 e. The smallest absolute Gasteiger partial charge is 0.230 e. The van der Waals surface area contributed by atoms with E-state index < -0.39 is 0 Å². The van der Waals surface area contributed by atoms with E-state index in [9.17, 15) is 4.79 Å². The van der Waals surface area contributed by atoms with Crippen LogP contribution >= 0.6 is 23.4 Å². The van der Waals surface area contributed by atoms with Crippen molar-refractivity contribution in [1.29, 1.82) is 0 Å². The normalized spacial score (nSPS) is 12.6. The van der Waals surface area contributed by atoms with Crippen molar-refractivity contribution < 1.29 is 4.79 Å². The van der Waals surface area contributed by atoms with E-state index in [-0.39, 0.29) is 11.9 Å². The van der Waals surface area contributed by atoms with Crippen LogP contribution in [0.1, 0.15) is 20.3 Å². The van der Waals surface area contributed by atoms with Crippen LogP contribution in [0.25, 0.3) is 11.0 Å². The second-order valence-corrected chi connectivity index (χ2v) is 5.77. The van der Waals surface area contributed by atoms with Gasteiger partial charge in [0.2, 0.25) is 5.91 Å². The van der Waals surface area contributed by atoms with E-state index in [1.165, 1.54) is 11.8 Å². The van der Waals surface area contributed by atoms with Gasteiger partial charge in [0.1, 0.15) is 0 Å². The van der Waals surface area contributed by atoms with Crippen molar-refractivity contribution in [3.8, 4) is 0 Å². The third-order valence-corrected chi connectivity index (χ3v) is 3.89. The molecule has 0 fully saturated rings. The molecule has 0 radical (unpaired) electrons. The molecule has 6 heteroatoms. The summed E-state index contributed by atoms with van der Waals surface area (Å²) in [5.41, 5.74) is 1.74. The predicted octanol–water partition coefficient (Wildman–Crippen LogP) is 3.22. The zero-order chi connectivity index (χ0) is 13.8. The van der Waals surface area contributed by atoms with Crippen LogP contribution in [0.5, 0.6) is 0 Å². The average Bonchev–Trinajstić information content (AvgIpc) is 2.78. The summed E-state index contributed by atoms with van der Waals surface area (Å²) in [5.74, 6) is 0.385. The molecule has 1 aromatic carbocycles. The first-order valence-corrected chi connectivity index (χ1v) is 7.52. The highest BCUT2D eigenvalue weighted by atomic mass is 35.5. The monoisotopic (exact) mass is 297 g/mol. The molecule has 1 amide bonds. The number of thioether (sulfide) groups is 1. The topological polar surface area (TPSA) is 57.8 Å². The number of aromatic nitrogens is 2. The van der Waals surface area contributed by atoms with Crippen molar-refractivity contribution in [2.45, 2.75) is 31.5 Å². The van der Waals surface area contributed by atoms with Crippen molar-refractivity contribution >= 4 is 40.3 Å². The number of nitrogens with one attached hydrogen (secondary N) is 2. The number of amides is 1. The number of rotatable bonds is 5. The number of carbonyl (C=O) groups excluding carboxylic acids is 1. The molecule has 0 aliphatic heterocycles. The molecule has 0 saturated heterocycles. The second kappa shape index (κ2) is 6.30. The Bertz CT molecular complexity index is 584. The molecule has 0 aliphatic carbocycles. The van der Waals surface area contributed by atoms with Gasteiger partial charge in [0.15, 0.2) is 5.16 Å². The van der Waals surface area contributed by atoms with Crippen LogP contribution in [0.4, 0.5) is 0 Å². The van der Waals surface area contributed by atoms with E-state index in [1.807, 2.05) is 26.0 Å². The first kappa shape index (κ1) is 14.2. The predicted molar refractivity (Wildman–Crippen MR) is 79.7 cm³/mol. The van der Waals surface area contributed by atoms with Crippen molar-refractivity contribution in [3.05, 3.63) is 23.2 Å². The van der Waals surface area contributed by atoms with Crippen LogP contribution in [-0.2, 0) is 4.79 Å². The number of halogens is 1. The standard InChI is InChI=1S/C13H16ClN3OS/c1-3-8(2)15-12(18)7-19-13-16-10-5-4-9(14)6-11(10)17-13/h4-6,8H,3,7H2,1-2H3,(H,15,18)(H,16,17)/t8-/m0/s1. The Morgan fingerprint density at radius 1 is 1.58 bits per heavy atom. The molecule has 0 saturated carbocycles. The SMILES string of the molecule is CC[C@H](C)NC(=O)CSc1nc2ccc(Cl)cc2[nH]1. The zero-order valence-corrected chi connectivity index (χ0v) is 12.4. The fourth-order valence-electron chi connectivity index (χ4n) is 1.58. The number of fused-ring (bicyclic) bond motifs is 1. The zero-order valence-electron chi connectivity index (χ0n) is 10.9. The first-order chi connectivity index (χ1) is 9.08. The molecule has 4 nitrogen and oxygen atoms in total.